The zero-order valence-corrected chi connectivity index (χ0v) is 13.9. The van der Waals surface area contributed by atoms with Crippen molar-refractivity contribution in [2.75, 3.05) is 25.4 Å². The lowest BCUT2D eigenvalue weighted by molar-refractivity contribution is 0.260. The van der Waals surface area contributed by atoms with E-state index >= 15 is 0 Å². The smallest absolute Gasteiger partial charge is 0.240 e. The molecule has 1 aliphatic rings. The zero-order chi connectivity index (χ0) is 14.8. The van der Waals surface area contributed by atoms with E-state index < -0.39 is 10.0 Å². The lowest BCUT2D eigenvalue weighted by Crippen LogP contribution is -2.40. The molecular weight excluding hydrogens is 342 g/mol. The molecule has 1 heterocycles. The molecule has 0 radical (unpaired) electrons. The van der Waals surface area contributed by atoms with Crippen molar-refractivity contribution in [2.45, 2.75) is 30.7 Å². The summed E-state index contributed by atoms with van der Waals surface area (Å²) in [5, 5.41) is 0. The van der Waals surface area contributed by atoms with Crippen molar-refractivity contribution >= 4 is 31.6 Å². The van der Waals surface area contributed by atoms with E-state index in [1.54, 1.807) is 12.1 Å². The molecule has 0 amide bonds. The van der Waals surface area contributed by atoms with Crippen LogP contribution in [0.4, 0.5) is 5.69 Å². The molecule has 5 nitrogen and oxygen atoms in total. The Bertz CT molecular complexity index is 571. The Labute approximate surface area is 128 Å². The average Bonchev–Trinajstić information content (AvgIpc) is 2.93. The first kappa shape index (κ1) is 15.8. The minimum Gasteiger partial charge on any atom is -0.398 e. The molecule has 1 aromatic carbocycles. The predicted molar refractivity (Wildman–Crippen MR) is 84.0 cm³/mol. The Hall–Kier alpha value is -0.630. The van der Waals surface area contributed by atoms with Crippen molar-refractivity contribution in [1.29, 1.82) is 0 Å². The fourth-order valence-electron chi connectivity index (χ4n) is 2.31. The topological polar surface area (TPSA) is 75.4 Å². The van der Waals surface area contributed by atoms with Crippen LogP contribution in [0, 0.1) is 0 Å². The van der Waals surface area contributed by atoms with Crippen LogP contribution in [0.5, 0.6) is 0 Å². The molecular formula is C13H20BrN3O2S. The molecule has 1 aromatic rings. The van der Waals surface area contributed by atoms with Crippen LogP contribution < -0.4 is 10.5 Å². The number of nitrogens with two attached hydrogens (primary N) is 1. The van der Waals surface area contributed by atoms with Gasteiger partial charge in [0, 0.05) is 22.7 Å². The van der Waals surface area contributed by atoms with Gasteiger partial charge >= 0.3 is 0 Å². The second-order valence-electron chi connectivity index (χ2n) is 5.13. The van der Waals surface area contributed by atoms with E-state index in [1.807, 2.05) is 6.92 Å². The van der Waals surface area contributed by atoms with E-state index in [2.05, 4.69) is 25.6 Å². The van der Waals surface area contributed by atoms with Gasteiger partial charge in [0.25, 0.3) is 0 Å². The van der Waals surface area contributed by atoms with Gasteiger partial charge in [-0.2, -0.15) is 0 Å². The summed E-state index contributed by atoms with van der Waals surface area (Å²) in [7, 11) is -3.50. The summed E-state index contributed by atoms with van der Waals surface area (Å²) in [5.74, 6) is 0. The zero-order valence-electron chi connectivity index (χ0n) is 11.5. The molecule has 1 atom stereocenters. The van der Waals surface area contributed by atoms with Gasteiger partial charge in [0.15, 0.2) is 0 Å². The molecule has 3 N–H and O–H groups in total. The van der Waals surface area contributed by atoms with Crippen molar-refractivity contribution in [2.24, 2.45) is 0 Å². The van der Waals surface area contributed by atoms with Gasteiger partial charge in [0.1, 0.15) is 0 Å². The van der Waals surface area contributed by atoms with Crippen LogP contribution in [0.25, 0.3) is 0 Å². The van der Waals surface area contributed by atoms with Crippen LogP contribution in [0.2, 0.25) is 0 Å². The molecule has 20 heavy (non-hydrogen) atoms. The standard InChI is InChI=1S/C13H20BrN3O2S/c1-10(17-6-2-3-7-17)9-16-20(18,19)11-4-5-12(14)13(15)8-11/h4-5,8,10,16H,2-3,6-7,9,15H2,1H3. The first-order valence-electron chi connectivity index (χ1n) is 6.69. The second-order valence-corrected chi connectivity index (χ2v) is 7.75. The van der Waals surface area contributed by atoms with Crippen molar-refractivity contribution in [1.82, 2.24) is 9.62 Å². The molecule has 2 rings (SSSR count). The number of halogens is 1. The third-order valence-electron chi connectivity index (χ3n) is 3.61. The molecule has 0 aromatic heterocycles. The van der Waals surface area contributed by atoms with Gasteiger partial charge in [-0.05, 0) is 67.0 Å². The number of anilines is 1. The maximum Gasteiger partial charge on any atom is 0.240 e. The minimum absolute atomic E-state index is 0.201. The van der Waals surface area contributed by atoms with Crippen LogP contribution in [0.15, 0.2) is 27.6 Å². The highest BCUT2D eigenvalue weighted by Gasteiger charge is 2.21. The van der Waals surface area contributed by atoms with Crippen LogP contribution in [-0.2, 0) is 10.0 Å². The number of hydrogen-bond acceptors (Lipinski definition) is 4. The minimum atomic E-state index is -3.50. The van der Waals surface area contributed by atoms with E-state index in [0.29, 0.717) is 16.7 Å². The molecule has 112 valence electrons. The highest BCUT2D eigenvalue weighted by atomic mass is 79.9. The van der Waals surface area contributed by atoms with Gasteiger partial charge < -0.3 is 5.73 Å². The van der Waals surface area contributed by atoms with Crippen molar-refractivity contribution in [3.63, 3.8) is 0 Å². The van der Waals surface area contributed by atoms with Gasteiger partial charge in [0.2, 0.25) is 10.0 Å². The molecule has 1 unspecified atom stereocenters. The van der Waals surface area contributed by atoms with E-state index in [4.69, 9.17) is 5.73 Å². The SMILES string of the molecule is CC(CNS(=O)(=O)c1ccc(Br)c(N)c1)N1CCCC1. The van der Waals surface area contributed by atoms with Gasteiger partial charge in [0.05, 0.1) is 4.90 Å². The Kier molecular flexibility index (Phi) is 5.06. The highest BCUT2D eigenvalue weighted by molar-refractivity contribution is 9.10. The number of sulfonamides is 1. The average molecular weight is 362 g/mol. The third-order valence-corrected chi connectivity index (χ3v) is 5.75. The fraction of sp³-hybridized carbons (Fsp3) is 0.538. The maximum atomic E-state index is 12.2. The highest BCUT2D eigenvalue weighted by Crippen LogP contribution is 2.22. The number of nitrogens with zero attached hydrogens (tertiary/aromatic N) is 1. The number of likely N-dealkylation sites (tertiary alicyclic amines) is 1. The van der Waals surface area contributed by atoms with Gasteiger partial charge in [-0.25, -0.2) is 13.1 Å². The largest absolute Gasteiger partial charge is 0.398 e. The quantitative estimate of drug-likeness (QED) is 0.784. The number of benzene rings is 1. The Balaban J connectivity index is 2.01. The molecule has 0 saturated carbocycles. The number of nitrogen functional groups attached to an aromatic ring is 1. The molecule has 7 heteroatoms. The number of rotatable bonds is 5. The first-order chi connectivity index (χ1) is 9.40. The lowest BCUT2D eigenvalue weighted by atomic mass is 10.3. The maximum absolute atomic E-state index is 12.2. The molecule has 0 spiro atoms. The Morgan fingerprint density at radius 1 is 1.40 bits per heavy atom. The normalized spacial score (nSPS) is 18.3. The summed E-state index contributed by atoms with van der Waals surface area (Å²) in [6.45, 7) is 4.56. The second kappa shape index (κ2) is 6.43. The van der Waals surface area contributed by atoms with Gasteiger partial charge in [-0.15, -0.1) is 0 Å². The molecule has 0 bridgehead atoms. The molecule has 1 saturated heterocycles. The van der Waals surface area contributed by atoms with Crippen molar-refractivity contribution < 1.29 is 8.42 Å². The summed E-state index contributed by atoms with van der Waals surface area (Å²) in [6.07, 6.45) is 2.39. The molecule has 1 fully saturated rings. The number of nitrogens with one attached hydrogen (secondary N) is 1. The summed E-state index contributed by atoms with van der Waals surface area (Å²) in [5.41, 5.74) is 6.14. The molecule has 0 aliphatic carbocycles. The van der Waals surface area contributed by atoms with Crippen LogP contribution in [0.3, 0.4) is 0 Å². The third kappa shape index (κ3) is 3.72. The summed E-state index contributed by atoms with van der Waals surface area (Å²) >= 11 is 3.26. The monoisotopic (exact) mass is 361 g/mol. The van der Waals surface area contributed by atoms with E-state index in [1.165, 1.54) is 18.9 Å². The van der Waals surface area contributed by atoms with E-state index in [-0.39, 0.29) is 10.9 Å². The van der Waals surface area contributed by atoms with Crippen molar-refractivity contribution in [3.8, 4) is 0 Å². The predicted octanol–water partition coefficient (Wildman–Crippen LogP) is 1.79. The summed E-state index contributed by atoms with van der Waals surface area (Å²) < 4.78 is 27.8. The fourth-order valence-corrected chi connectivity index (χ4v) is 3.72. The van der Waals surface area contributed by atoms with Gasteiger partial charge in [-0.1, -0.05) is 0 Å². The van der Waals surface area contributed by atoms with E-state index in [9.17, 15) is 8.42 Å². The summed E-state index contributed by atoms with van der Waals surface area (Å²) in [4.78, 5) is 2.50. The van der Waals surface area contributed by atoms with E-state index in [0.717, 1.165) is 13.1 Å². The van der Waals surface area contributed by atoms with Crippen LogP contribution in [0.1, 0.15) is 19.8 Å². The van der Waals surface area contributed by atoms with Crippen LogP contribution >= 0.6 is 15.9 Å². The van der Waals surface area contributed by atoms with Crippen LogP contribution in [-0.4, -0.2) is 39.0 Å². The molecule has 1 aliphatic heterocycles. The lowest BCUT2D eigenvalue weighted by Gasteiger charge is -2.23. The Morgan fingerprint density at radius 2 is 2.05 bits per heavy atom. The summed E-state index contributed by atoms with van der Waals surface area (Å²) in [6, 6.07) is 4.87. The van der Waals surface area contributed by atoms with Crippen molar-refractivity contribution in [3.05, 3.63) is 22.7 Å². The number of hydrogen-bond donors (Lipinski definition) is 2. The Morgan fingerprint density at radius 3 is 2.65 bits per heavy atom. The first-order valence-corrected chi connectivity index (χ1v) is 8.96. The van der Waals surface area contributed by atoms with Gasteiger partial charge in [-0.3, -0.25) is 4.90 Å².